The van der Waals surface area contributed by atoms with E-state index in [2.05, 4.69) is 17.2 Å². The van der Waals surface area contributed by atoms with Crippen molar-refractivity contribution >= 4 is 11.8 Å². The van der Waals surface area contributed by atoms with E-state index in [0.717, 1.165) is 18.4 Å². The third-order valence-electron chi connectivity index (χ3n) is 6.00. The van der Waals surface area contributed by atoms with Crippen LogP contribution in [0.1, 0.15) is 42.1 Å². The molecule has 2 heterocycles. The molecule has 1 fully saturated rings. The Morgan fingerprint density at radius 1 is 1.16 bits per heavy atom. The maximum Gasteiger partial charge on any atom is 0.255 e. The molecular formula is C24H31N3O4. The first kappa shape index (κ1) is 22.6. The van der Waals surface area contributed by atoms with E-state index in [9.17, 15) is 9.59 Å². The maximum atomic E-state index is 12.7. The first-order valence-electron chi connectivity index (χ1n) is 10.7. The number of nitrogens with one attached hydrogen (secondary N) is 1. The number of likely N-dealkylation sites (tertiary alicyclic amines) is 1. The highest BCUT2D eigenvalue weighted by Crippen LogP contribution is 2.30. The summed E-state index contributed by atoms with van der Waals surface area (Å²) in [6, 6.07) is 9.20. The van der Waals surface area contributed by atoms with Crippen LogP contribution >= 0.6 is 0 Å². The molecule has 1 saturated heterocycles. The average Bonchev–Trinajstić information content (AvgIpc) is 2.82. The number of hydrogen-bond acceptors (Lipinski definition) is 5. The number of ether oxygens (including phenoxy) is 2. The smallest absolute Gasteiger partial charge is 0.255 e. The van der Waals surface area contributed by atoms with Gasteiger partial charge in [-0.3, -0.25) is 14.6 Å². The Balaban J connectivity index is 1.53. The van der Waals surface area contributed by atoms with E-state index in [-0.39, 0.29) is 17.7 Å². The van der Waals surface area contributed by atoms with Crippen molar-refractivity contribution in [3.63, 3.8) is 0 Å². The highest BCUT2D eigenvalue weighted by molar-refractivity contribution is 5.94. The second-order valence-corrected chi connectivity index (χ2v) is 7.88. The number of methoxy groups -OCH3 is 2. The molecule has 0 saturated carbocycles. The lowest BCUT2D eigenvalue weighted by atomic mass is 9.81. The Labute approximate surface area is 183 Å². The number of nitrogens with zero attached hydrogens (tertiary/aromatic N) is 2. The van der Waals surface area contributed by atoms with Crippen molar-refractivity contribution in [1.29, 1.82) is 0 Å². The molecule has 1 aliphatic rings. The first-order chi connectivity index (χ1) is 15.0. The van der Waals surface area contributed by atoms with Crippen LogP contribution in [0.2, 0.25) is 0 Å². The van der Waals surface area contributed by atoms with Gasteiger partial charge in [-0.1, -0.05) is 19.4 Å². The van der Waals surface area contributed by atoms with Gasteiger partial charge < -0.3 is 19.7 Å². The molecule has 7 nitrogen and oxygen atoms in total. The van der Waals surface area contributed by atoms with Crippen molar-refractivity contribution in [3.8, 4) is 11.5 Å². The Morgan fingerprint density at radius 3 is 2.65 bits per heavy atom. The number of benzene rings is 1. The van der Waals surface area contributed by atoms with Gasteiger partial charge in [0, 0.05) is 38.4 Å². The molecule has 2 aromatic rings. The van der Waals surface area contributed by atoms with Gasteiger partial charge in [-0.25, -0.2) is 0 Å². The Hall–Kier alpha value is -3.09. The van der Waals surface area contributed by atoms with Gasteiger partial charge >= 0.3 is 0 Å². The molecule has 2 amide bonds. The minimum Gasteiger partial charge on any atom is -0.493 e. The van der Waals surface area contributed by atoms with Crippen LogP contribution in [-0.2, 0) is 11.3 Å². The van der Waals surface area contributed by atoms with Gasteiger partial charge in [-0.15, -0.1) is 0 Å². The minimum atomic E-state index is 0.0166. The zero-order chi connectivity index (χ0) is 22.2. The van der Waals surface area contributed by atoms with Crippen LogP contribution in [0.25, 0.3) is 0 Å². The number of hydrogen-bond donors (Lipinski definition) is 1. The van der Waals surface area contributed by atoms with E-state index in [1.807, 2.05) is 23.1 Å². The number of piperidine rings is 1. The predicted molar refractivity (Wildman–Crippen MR) is 118 cm³/mol. The molecule has 0 aliphatic carbocycles. The van der Waals surface area contributed by atoms with E-state index < -0.39 is 0 Å². The van der Waals surface area contributed by atoms with Crippen LogP contribution in [0.15, 0.2) is 42.7 Å². The molecule has 0 spiro atoms. The lowest BCUT2D eigenvalue weighted by Gasteiger charge is -2.38. The fourth-order valence-electron chi connectivity index (χ4n) is 4.17. The summed E-state index contributed by atoms with van der Waals surface area (Å²) in [5, 5.41) is 3.02. The largest absolute Gasteiger partial charge is 0.493 e. The number of amides is 2. The summed E-state index contributed by atoms with van der Waals surface area (Å²) < 4.78 is 10.6. The van der Waals surface area contributed by atoms with Gasteiger partial charge in [0.1, 0.15) is 0 Å². The molecule has 1 aliphatic heterocycles. The van der Waals surface area contributed by atoms with Crippen LogP contribution in [0, 0.1) is 11.8 Å². The zero-order valence-electron chi connectivity index (χ0n) is 18.5. The van der Waals surface area contributed by atoms with Gasteiger partial charge in [-0.2, -0.15) is 0 Å². The summed E-state index contributed by atoms with van der Waals surface area (Å²) in [6.45, 7) is 3.90. The second kappa shape index (κ2) is 10.8. The third-order valence-corrected chi connectivity index (χ3v) is 6.00. The summed E-state index contributed by atoms with van der Waals surface area (Å²) >= 11 is 0. The molecular weight excluding hydrogens is 394 g/mol. The molecule has 31 heavy (non-hydrogen) atoms. The summed E-state index contributed by atoms with van der Waals surface area (Å²) in [5.74, 6) is 1.93. The number of pyridine rings is 1. The highest BCUT2D eigenvalue weighted by Gasteiger charge is 2.32. The second-order valence-electron chi connectivity index (χ2n) is 7.88. The fourth-order valence-corrected chi connectivity index (χ4v) is 4.17. The zero-order valence-corrected chi connectivity index (χ0v) is 18.5. The maximum absolute atomic E-state index is 12.7. The van der Waals surface area contributed by atoms with E-state index in [1.165, 1.54) is 0 Å². The molecule has 1 N–H and O–H groups in total. The Bertz CT molecular complexity index is 888. The van der Waals surface area contributed by atoms with Crippen LogP contribution in [0.4, 0.5) is 0 Å². The van der Waals surface area contributed by atoms with Gasteiger partial charge in [0.25, 0.3) is 5.91 Å². The van der Waals surface area contributed by atoms with Crippen molar-refractivity contribution in [2.24, 2.45) is 11.8 Å². The fraction of sp³-hybridized carbons (Fsp3) is 0.458. The van der Waals surface area contributed by atoms with Crippen molar-refractivity contribution < 1.29 is 19.1 Å². The van der Waals surface area contributed by atoms with E-state index in [4.69, 9.17) is 9.47 Å². The molecule has 3 rings (SSSR count). The quantitative estimate of drug-likeness (QED) is 0.702. The van der Waals surface area contributed by atoms with Gasteiger partial charge in [0.15, 0.2) is 11.5 Å². The van der Waals surface area contributed by atoms with E-state index >= 15 is 0 Å². The molecule has 2 atom stereocenters. The van der Waals surface area contributed by atoms with Gasteiger partial charge in [0.2, 0.25) is 5.91 Å². The van der Waals surface area contributed by atoms with Crippen LogP contribution in [0.5, 0.6) is 11.5 Å². The molecule has 0 bridgehead atoms. The van der Waals surface area contributed by atoms with Crippen molar-refractivity contribution in [2.45, 2.75) is 32.7 Å². The topological polar surface area (TPSA) is 80.8 Å². The van der Waals surface area contributed by atoms with E-state index in [0.29, 0.717) is 49.0 Å². The van der Waals surface area contributed by atoms with Crippen molar-refractivity contribution in [3.05, 3.63) is 53.9 Å². The molecule has 1 aromatic carbocycles. The molecule has 166 valence electrons. The highest BCUT2D eigenvalue weighted by atomic mass is 16.5. The average molecular weight is 426 g/mol. The number of rotatable bonds is 8. The number of carbonyl (C=O) groups is 2. The minimum absolute atomic E-state index is 0.0166. The summed E-state index contributed by atoms with van der Waals surface area (Å²) in [7, 11) is 3.19. The molecule has 1 aromatic heterocycles. The predicted octanol–water partition coefficient (Wildman–Crippen LogP) is 3.29. The first-order valence-corrected chi connectivity index (χ1v) is 10.7. The van der Waals surface area contributed by atoms with E-state index in [1.54, 1.807) is 38.7 Å². The lowest BCUT2D eigenvalue weighted by Crippen LogP contribution is -2.44. The standard InChI is InChI=1S/C24H31N3O4/c1-4-18-16-27(24(29)20-6-5-10-25-15-20)11-9-19(18)13-23(28)26-14-17-7-8-21(30-2)22(12-17)31-3/h5-8,10,12,15,18-19H,4,9,11,13-14,16H2,1-3H3,(H,26,28)/t18-,19-/m0/s1. The molecule has 0 unspecified atom stereocenters. The monoisotopic (exact) mass is 425 g/mol. The summed E-state index contributed by atoms with van der Waals surface area (Å²) in [6.07, 6.45) is 5.51. The molecule has 7 heteroatoms. The molecule has 0 radical (unpaired) electrons. The lowest BCUT2D eigenvalue weighted by molar-refractivity contribution is -0.123. The Kier molecular flexibility index (Phi) is 7.87. The van der Waals surface area contributed by atoms with Crippen molar-refractivity contribution in [1.82, 2.24) is 15.2 Å². The number of carbonyl (C=O) groups excluding carboxylic acids is 2. The normalized spacial score (nSPS) is 18.4. The van der Waals surface area contributed by atoms with Crippen LogP contribution in [0.3, 0.4) is 0 Å². The van der Waals surface area contributed by atoms with Crippen molar-refractivity contribution in [2.75, 3.05) is 27.3 Å². The van der Waals surface area contributed by atoms with Crippen LogP contribution in [-0.4, -0.2) is 49.0 Å². The summed E-state index contributed by atoms with van der Waals surface area (Å²) in [4.78, 5) is 31.3. The summed E-state index contributed by atoms with van der Waals surface area (Å²) in [5.41, 5.74) is 1.57. The van der Waals surface area contributed by atoms with Crippen LogP contribution < -0.4 is 14.8 Å². The SMILES string of the molecule is CC[C@H]1CN(C(=O)c2cccnc2)CC[C@H]1CC(=O)NCc1ccc(OC)c(OC)c1. The van der Waals surface area contributed by atoms with Gasteiger partial charge in [0.05, 0.1) is 19.8 Å². The Morgan fingerprint density at radius 2 is 1.97 bits per heavy atom. The van der Waals surface area contributed by atoms with Gasteiger partial charge in [-0.05, 0) is 48.1 Å². The number of aromatic nitrogens is 1. The third kappa shape index (κ3) is 5.75.